The van der Waals surface area contributed by atoms with E-state index in [4.69, 9.17) is 4.74 Å². The molecule has 0 saturated carbocycles. The first-order valence-corrected chi connectivity index (χ1v) is 8.12. The number of ether oxygens (including phenoxy) is 1. The highest BCUT2D eigenvalue weighted by Gasteiger charge is 2.08. The van der Waals surface area contributed by atoms with Gasteiger partial charge in [0.1, 0.15) is 5.75 Å². The Balaban J connectivity index is 1.80. The van der Waals surface area contributed by atoms with Crippen LogP contribution in [0.25, 0.3) is 0 Å². The molecule has 0 amide bonds. The summed E-state index contributed by atoms with van der Waals surface area (Å²) in [5.41, 5.74) is 3.08. The minimum absolute atomic E-state index is 0.410. The van der Waals surface area contributed by atoms with Gasteiger partial charge < -0.3 is 15.4 Å². The number of hydrogen-bond donors (Lipinski definition) is 2. The monoisotopic (exact) mass is 335 g/mol. The summed E-state index contributed by atoms with van der Waals surface area (Å²) in [6, 6.07) is 15.7. The molecule has 6 heteroatoms. The number of aromatic nitrogens is 3. The molecule has 1 heterocycles. The van der Waals surface area contributed by atoms with Crippen molar-refractivity contribution in [3.63, 3.8) is 0 Å². The van der Waals surface area contributed by atoms with E-state index in [0.29, 0.717) is 17.7 Å². The second-order valence-corrected chi connectivity index (χ2v) is 5.89. The Labute approximate surface area is 147 Å². The molecule has 0 bridgehead atoms. The minimum Gasteiger partial charge on any atom is -0.497 e. The van der Waals surface area contributed by atoms with E-state index in [1.165, 1.54) is 5.56 Å². The second-order valence-electron chi connectivity index (χ2n) is 5.89. The molecule has 0 aliphatic heterocycles. The standard InChI is InChI=1S/C19H21N5O/c1-13(2)16-9-4-5-10-17(16)22-18-12-20-24-19(23-18)21-14-7-6-8-15(11-14)25-3/h4-13H,1-3H3,(H2,21,22,23,24). The fourth-order valence-electron chi connectivity index (χ4n) is 2.50. The van der Waals surface area contributed by atoms with Crippen molar-refractivity contribution in [2.75, 3.05) is 17.7 Å². The van der Waals surface area contributed by atoms with Crippen molar-refractivity contribution in [2.24, 2.45) is 0 Å². The molecule has 6 nitrogen and oxygen atoms in total. The predicted molar refractivity (Wildman–Crippen MR) is 99.9 cm³/mol. The molecule has 0 radical (unpaired) electrons. The third-order valence-electron chi connectivity index (χ3n) is 3.73. The summed E-state index contributed by atoms with van der Waals surface area (Å²) < 4.78 is 5.22. The SMILES string of the molecule is COc1cccc(Nc2nncc(Nc3ccccc3C(C)C)n2)c1. The summed E-state index contributed by atoms with van der Waals surface area (Å²) in [6.07, 6.45) is 1.61. The van der Waals surface area contributed by atoms with Crippen LogP contribution in [0.2, 0.25) is 0 Å². The molecule has 0 aliphatic rings. The van der Waals surface area contributed by atoms with Crippen LogP contribution in [-0.2, 0) is 0 Å². The average Bonchev–Trinajstić information content (AvgIpc) is 2.62. The summed E-state index contributed by atoms with van der Waals surface area (Å²) in [6.45, 7) is 4.32. The van der Waals surface area contributed by atoms with E-state index in [-0.39, 0.29) is 0 Å². The molecular formula is C19H21N5O. The highest BCUT2D eigenvalue weighted by atomic mass is 16.5. The maximum absolute atomic E-state index is 5.22. The lowest BCUT2D eigenvalue weighted by Gasteiger charge is -2.14. The van der Waals surface area contributed by atoms with Gasteiger partial charge in [-0.05, 0) is 29.7 Å². The van der Waals surface area contributed by atoms with Gasteiger partial charge in [0.05, 0.1) is 13.3 Å². The number of para-hydroxylation sites is 1. The fraction of sp³-hybridized carbons (Fsp3) is 0.211. The van der Waals surface area contributed by atoms with Crippen LogP contribution in [0, 0.1) is 0 Å². The van der Waals surface area contributed by atoms with Crippen molar-refractivity contribution >= 4 is 23.1 Å². The third kappa shape index (κ3) is 4.23. The summed E-state index contributed by atoms with van der Waals surface area (Å²) >= 11 is 0. The highest BCUT2D eigenvalue weighted by Crippen LogP contribution is 2.26. The molecule has 1 aromatic heterocycles. The maximum Gasteiger partial charge on any atom is 0.249 e. The Bertz CT molecular complexity index is 850. The first-order chi connectivity index (χ1) is 12.2. The van der Waals surface area contributed by atoms with Gasteiger partial charge in [0.15, 0.2) is 5.82 Å². The Morgan fingerprint density at radius 2 is 1.84 bits per heavy atom. The van der Waals surface area contributed by atoms with Gasteiger partial charge in [-0.1, -0.05) is 38.1 Å². The molecule has 3 rings (SSSR count). The largest absolute Gasteiger partial charge is 0.497 e. The van der Waals surface area contributed by atoms with E-state index in [0.717, 1.165) is 17.1 Å². The van der Waals surface area contributed by atoms with Gasteiger partial charge in [-0.3, -0.25) is 0 Å². The van der Waals surface area contributed by atoms with Crippen molar-refractivity contribution < 1.29 is 4.74 Å². The number of rotatable bonds is 6. The zero-order chi connectivity index (χ0) is 17.6. The third-order valence-corrected chi connectivity index (χ3v) is 3.73. The van der Waals surface area contributed by atoms with Gasteiger partial charge in [-0.15, -0.1) is 5.10 Å². The number of methoxy groups -OCH3 is 1. The van der Waals surface area contributed by atoms with Crippen molar-refractivity contribution in [3.8, 4) is 5.75 Å². The normalized spacial score (nSPS) is 10.6. The van der Waals surface area contributed by atoms with Gasteiger partial charge in [0, 0.05) is 17.4 Å². The predicted octanol–water partition coefficient (Wildman–Crippen LogP) is 4.49. The zero-order valence-corrected chi connectivity index (χ0v) is 14.5. The Morgan fingerprint density at radius 1 is 1.00 bits per heavy atom. The zero-order valence-electron chi connectivity index (χ0n) is 14.5. The van der Waals surface area contributed by atoms with E-state index in [1.54, 1.807) is 13.3 Å². The van der Waals surface area contributed by atoms with Crippen LogP contribution in [0.3, 0.4) is 0 Å². The van der Waals surface area contributed by atoms with Crippen LogP contribution in [0.5, 0.6) is 5.75 Å². The van der Waals surface area contributed by atoms with Crippen molar-refractivity contribution in [3.05, 3.63) is 60.3 Å². The summed E-state index contributed by atoms with van der Waals surface area (Å²) in [7, 11) is 1.63. The van der Waals surface area contributed by atoms with Gasteiger partial charge in [-0.2, -0.15) is 10.1 Å². The first kappa shape index (κ1) is 16.7. The topological polar surface area (TPSA) is 72.0 Å². The molecular weight excluding hydrogens is 314 g/mol. The van der Waals surface area contributed by atoms with Crippen molar-refractivity contribution in [2.45, 2.75) is 19.8 Å². The van der Waals surface area contributed by atoms with Crippen LogP contribution < -0.4 is 15.4 Å². The molecule has 128 valence electrons. The lowest BCUT2D eigenvalue weighted by atomic mass is 10.0. The Morgan fingerprint density at radius 3 is 2.64 bits per heavy atom. The van der Waals surface area contributed by atoms with Crippen molar-refractivity contribution in [1.82, 2.24) is 15.2 Å². The average molecular weight is 335 g/mol. The second kappa shape index (κ2) is 7.61. The van der Waals surface area contributed by atoms with Gasteiger partial charge in [0.25, 0.3) is 0 Å². The molecule has 3 aromatic rings. The van der Waals surface area contributed by atoms with Crippen LogP contribution in [0.15, 0.2) is 54.7 Å². The Kier molecular flexibility index (Phi) is 5.09. The molecule has 0 unspecified atom stereocenters. The van der Waals surface area contributed by atoms with Crippen LogP contribution in [0.1, 0.15) is 25.3 Å². The van der Waals surface area contributed by atoms with Gasteiger partial charge >= 0.3 is 0 Å². The smallest absolute Gasteiger partial charge is 0.249 e. The van der Waals surface area contributed by atoms with E-state index in [2.05, 4.69) is 45.7 Å². The van der Waals surface area contributed by atoms with Crippen molar-refractivity contribution in [1.29, 1.82) is 0 Å². The molecule has 0 spiro atoms. The summed E-state index contributed by atoms with van der Waals surface area (Å²) in [5.74, 6) is 2.22. The summed E-state index contributed by atoms with van der Waals surface area (Å²) in [5, 5.41) is 14.5. The van der Waals surface area contributed by atoms with E-state index >= 15 is 0 Å². The minimum atomic E-state index is 0.410. The van der Waals surface area contributed by atoms with Crippen LogP contribution in [0.4, 0.5) is 23.1 Å². The van der Waals surface area contributed by atoms with Crippen LogP contribution in [-0.4, -0.2) is 22.3 Å². The molecule has 0 saturated heterocycles. The van der Waals surface area contributed by atoms with E-state index < -0.39 is 0 Å². The Hall–Kier alpha value is -3.15. The molecule has 0 fully saturated rings. The molecule has 25 heavy (non-hydrogen) atoms. The van der Waals surface area contributed by atoms with Gasteiger partial charge in [0.2, 0.25) is 5.95 Å². The lowest BCUT2D eigenvalue weighted by Crippen LogP contribution is -2.04. The van der Waals surface area contributed by atoms with E-state index in [1.807, 2.05) is 42.5 Å². The maximum atomic E-state index is 5.22. The molecule has 2 N–H and O–H groups in total. The molecule has 0 aliphatic carbocycles. The fourth-order valence-corrected chi connectivity index (χ4v) is 2.50. The van der Waals surface area contributed by atoms with Gasteiger partial charge in [-0.25, -0.2) is 0 Å². The van der Waals surface area contributed by atoms with E-state index in [9.17, 15) is 0 Å². The first-order valence-electron chi connectivity index (χ1n) is 8.12. The summed E-state index contributed by atoms with van der Waals surface area (Å²) in [4.78, 5) is 4.48. The highest BCUT2D eigenvalue weighted by molar-refractivity contribution is 5.62. The number of anilines is 4. The lowest BCUT2D eigenvalue weighted by molar-refractivity contribution is 0.415. The van der Waals surface area contributed by atoms with Crippen LogP contribution >= 0.6 is 0 Å². The molecule has 2 aromatic carbocycles. The number of hydrogen-bond acceptors (Lipinski definition) is 6. The number of nitrogens with zero attached hydrogens (tertiary/aromatic N) is 3. The number of benzene rings is 2. The number of nitrogens with one attached hydrogen (secondary N) is 2. The quantitative estimate of drug-likeness (QED) is 0.691. The molecule has 0 atom stereocenters.